The number of phosphoric ester groups is 3. The number of carboxylic acids is 1. The zero-order valence-corrected chi connectivity index (χ0v) is 36.6. The molecule has 1 aliphatic heterocycles. The van der Waals surface area contributed by atoms with Crippen LogP contribution in [0.3, 0.4) is 0 Å². The average molecular weight is 973 g/mol. The summed E-state index contributed by atoms with van der Waals surface area (Å²) in [6, 6.07) is 7.97. The summed E-state index contributed by atoms with van der Waals surface area (Å²) in [5.74, 6) is -4.53. The predicted octanol–water partition coefficient (Wildman–Crippen LogP) is -1.85. The van der Waals surface area contributed by atoms with Crippen LogP contribution >= 0.6 is 35.2 Å². The van der Waals surface area contributed by atoms with Crippen LogP contribution in [-0.2, 0) is 55.5 Å². The van der Waals surface area contributed by atoms with E-state index in [2.05, 4.69) is 34.4 Å². The van der Waals surface area contributed by atoms with Crippen molar-refractivity contribution in [3.8, 4) is 0 Å². The van der Waals surface area contributed by atoms with Gasteiger partial charge in [0, 0.05) is 43.1 Å². The third-order valence-electron chi connectivity index (χ3n) is 8.96. The number of imidazole rings is 1. The van der Waals surface area contributed by atoms with Crippen LogP contribution in [0, 0.1) is 11.3 Å². The van der Waals surface area contributed by atoms with Gasteiger partial charge in [0.1, 0.15) is 36.3 Å². The number of thioether (sulfide) groups is 1. The molecule has 0 bridgehead atoms. The maximum Gasteiger partial charge on any atom is 0.481 e. The number of nitrogen functional groups attached to an aromatic ring is 1. The maximum atomic E-state index is 12.7. The molecule has 1 saturated heterocycles. The molecule has 27 nitrogen and oxygen atoms in total. The van der Waals surface area contributed by atoms with E-state index >= 15 is 0 Å². The molecule has 1 aliphatic rings. The molecule has 4 unspecified atom stereocenters. The fourth-order valence-electron chi connectivity index (χ4n) is 5.77. The second kappa shape index (κ2) is 21.9. The minimum atomic E-state index is -5.62. The van der Waals surface area contributed by atoms with Gasteiger partial charge in [-0.3, -0.25) is 32.5 Å². The molecular formula is C32H45N7O20P3S-. The number of nitrogens with one attached hydrogen (secondary N) is 2. The number of aromatic nitrogens is 4. The first-order chi connectivity index (χ1) is 29.3. The number of ether oxygens (including phenoxy) is 1. The third-order valence-corrected chi connectivity index (χ3v) is 13.1. The smallest absolute Gasteiger partial charge is 0.481 e. The predicted molar refractivity (Wildman–Crippen MR) is 212 cm³/mol. The summed E-state index contributed by atoms with van der Waals surface area (Å²) >= 11 is 0.692. The average Bonchev–Trinajstić information content (AvgIpc) is 3.76. The van der Waals surface area contributed by atoms with Crippen molar-refractivity contribution in [3.63, 3.8) is 0 Å². The van der Waals surface area contributed by atoms with E-state index in [9.17, 15) is 72.9 Å². The number of hydrogen-bond donors (Lipinski definition) is 10. The van der Waals surface area contributed by atoms with E-state index in [0.717, 1.165) is 17.2 Å². The van der Waals surface area contributed by atoms with Crippen LogP contribution in [0.5, 0.6) is 0 Å². The number of phosphoric acid groups is 3. The first-order valence-electron chi connectivity index (χ1n) is 18.3. The molecule has 63 heavy (non-hydrogen) atoms. The molecule has 0 radical (unpaired) electrons. The second-order valence-electron chi connectivity index (χ2n) is 14.3. The van der Waals surface area contributed by atoms with Crippen molar-refractivity contribution in [3.05, 3.63) is 48.5 Å². The number of aliphatic hydroxyl groups excluding tert-OH is 3. The zero-order chi connectivity index (χ0) is 46.9. The number of anilines is 1. The number of nitrogens with zero attached hydrogens (tertiary/aromatic N) is 4. The highest BCUT2D eigenvalue weighted by Crippen LogP contribution is 2.61. The number of benzene rings is 1. The fraction of sp³-hybridized carbons (Fsp3) is 0.531. The minimum absolute atomic E-state index is 0.0112. The largest absolute Gasteiger partial charge is 0.550 e. The Morgan fingerprint density at radius 1 is 1.00 bits per heavy atom. The number of nitrogens with two attached hydrogens (primary N) is 1. The van der Waals surface area contributed by atoms with Gasteiger partial charge >= 0.3 is 23.5 Å². The van der Waals surface area contributed by atoms with Crippen molar-refractivity contribution in [2.75, 3.05) is 37.8 Å². The highest BCUT2D eigenvalue weighted by Gasteiger charge is 2.50. The second-order valence-corrected chi connectivity index (χ2v) is 19.6. The van der Waals surface area contributed by atoms with Crippen LogP contribution in [0.4, 0.5) is 5.82 Å². The summed E-state index contributed by atoms with van der Waals surface area (Å²) < 4.78 is 62.2. The van der Waals surface area contributed by atoms with Crippen LogP contribution in [0.15, 0.2) is 43.0 Å². The van der Waals surface area contributed by atoms with Crippen molar-refractivity contribution < 1.29 is 95.5 Å². The fourth-order valence-corrected chi connectivity index (χ4v) is 9.44. The molecule has 4 rings (SSSR count). The number of carbonyl (C=O) groups is 4. The highest BCUT2D eigenvalue weighted by atomic mass is 32.2. The Balaban J connectivity index is 1.21. The standard InChI is InChI=1S/C32H46N7O20P3S/c1-32(2,26(45)29(46)35-9-8-20(40)34-10-11-63-31(47)18(12-21(41)42)23(43)17-6-4-3-5-7-17)14-56-62(53,54)59-61(51,52)55-13-19-25(58-60(48,49)50)24(44)30(57-19)39-16-38-22-27(33)36-15-37-28(22)39/h3-7,15-16,18-19,23-26,30,43-45H,8-14H2,1-2H3,(H,34,40)(H,35,46)(H,41,42)(H,51,52)(H,53,54)(H2,33,36,37)(H2,48,49,50)/p-1/t18?,19-,23?,24-,25-,26+,30-/m1/s1. The summed E-state index contributed by atoms with van der Waals surface area (Å²) in [7, 11) is -16.5. The van der Waals surface area contributed by atoms with Crippen molar-refractivity contribution >= 4 is 75.1 Å². The van der Waals surface area contributed by atoms with Crippen LogP contribution in [0.2, 0.25) is 0 Å². The molecule has 0 spiro atoms. The van der Waals surface area contributed by atoms with Crippen molar-refractivity contribution in [1.82, 2.24) is 30.2 Å². The Hall–Kier alpha value is -3.79. The number of rotatable bonds is 24. The normalized spacial score (nSPS) is 21.5. The lowest BCUT2D eigenvalue weighted by Crippen LogP contribution is -2.46. The number of fused-ring (bicyclic) bond motifs is 1. The number of carboxylic acid groups (broad SMARTS) is 1. The van der Waals surface area contributed by atoms with Gasteiger partial charge in [-0.15, -0.1) is 0 Å². The van der Waals surface area contributed by atoms with E-state index in [1.54, 1.807) is 18.2 Å². The molecule has 31 heteroatoms. The summed E-state index contributed by atoms with van der Waals surface area (Å²) in [5.41, 5.74) is 4.49. The van der Waals surface area contributed by atoms with Crippen LogP contribution in [0.25, 0.3) is 11.2 Å². The van der Waals surface area contributed by atoms with Crippen LogP contribution in [0.1, 0.15) is 44.6 Å². The van der Waals surface area contributed by atoms with Gasteiger partial charge in [-0.25, -0.2) is 28.6 Å². The van der Waals surface area contributed by atoms with Gasteiger partial charge in [-0.2, -0.15) is 4.31 Å². The van der Waals surface area contributed by atoms with Gasteiger partial charge in [-0.05, 0) is 5.56 Å². The Bertz CT molecular complexity index is 2230. The molecule has 9 atom stereocenters. The van der Waals surface area contributed by atoms with Gasteiger partial charge < -0.3 is 65.9 Å². The monoisotopic (exact) mass is 972 g/mol. The topological polar surface area (TPSA) is 424 Å². The minimum Gasteiger partial charge on any atom is -0.550 e. The van der Waals surface area contributed by atoms with Gasteiger partial charge in [0.05, 0.1) is 31.6 Å². The number of amides is 2. The SMILES string of the molecule is CC(C)(COP(=O)(O)OP(=O)(O)OC[C@H]1O[C@@H](n2cnc3c(N)ncnc32)[C@H](O)[C@@H]1OP(=O)(O)O)[C@@H](O)C(=O)NCCC(=O)NCCSC(=O)C(CC(=O)[O-])C(O)c1ccccc1. The molecule has 3 heterocycles. The van der Waals surface area contributed by atoms with E-state index in [1.807, 2.05) is 0 Å². The lowest BCUT2D eigenvalue weighted by Gasteiger charge is -2.30. The van der Waals surface area contributed by atoms with E-state index in [1.165, 1.54) is 26.0 Å². The number of hydrogen-bond acceptors (Lipinski definition) is 21. The molecular weight excluding hydrogens is 927 g/mol. The third kappa shape index (κ3) is 15.1. The van der Waals surface area contributed by atoms with E-state index < -0.39 is 114 Å². The van der Waals surface area contributed by atoms with E-state index in [0.29, 0.717) is 17.3 Å². The number of aliphatic hydroxyl groups is 3. The van der Waals surface area contributed by atoms with Crippen molar-refractivity contribution in [1.29, 1.82) is 0 Å². The quantitative estimate of drug-likeness (QED) is 0.0348. The Morgan fingerprint density at radius 2 is 1.67 bits per heavy atom. The Morgan fingerprint density at radius 3 is 2.32 bits per heavy atom. The molecule has 3 aromatic rings. The lowest BCUT2D eigenvalue weighted by molar-refractivity contribution is -0.307. The summed E-state index contributed by atoms with van der Waals surface area (Å²) in [5, 5.41) is 47.4. The molecule has 350 valence electrons. The molecule has 1 fully saturated rings. The van der Waals surface area contributed by atoms with Gasteiger partial charge in [0.15, 0.2) is 22.8 Å². The van der Waals surface area contributed by atoms with Crippen molar-refractivity contribution in [2.45, 2.75) is 63.4 Å². The summed E-state index contributed by atoms with van der Waals surface area (Å²) in [4.78, 5) is 99.9. The maximum absolute atomic E-state index is 12.7. The van der Waals surface area contributed by atoms with Gasteiger partial charge in [0.25, 0.3) is 0 Å². The lowest BCUT2D eigenvalue weighted by atomic mass is 9.87. The number of aliphatic carboxylic acids is 1. The molecule has 1 aromatic carbocycles. The van der Waals surface area contributed by atoms with Crippen molar-refractivity contribution in [2.24, 2.45) is 11.3 Å². The van der Waals surface area contributed by atoms with Crippen LogP contribution in [-0.4, -0.2) is 134 Å². The van der Waals surface area contributed by atoms with E-state index in [-0.39, 0.29) is 42.2 Å². The highest BCUT2D eigenvalue weighted by molar-refractivity contribution is 8.13. The molecule has 0 aliphatic carbocycles. The van der Waals surface area contributed by atoms with E-state index in [4.69, 9.17) is 19.5 Å². The van der Waals surface area contributed by atoms with Crippen LogP contribution < -0.4 is 21.5 Å². The molecule has 11 N–H and O–H groups in total. The molecule has 2 aromatic heterocycles. The Labute approximate surface area is 361 Å². The molecule has 2 amide bonds. The number of carbonyl (C=O) groups excluding carboxylic acids is 4. The zero-order valence-electron chi connectivity index (χ0n) is 33.1. The van der Waals surface area contributed by atoms with Gasteiger partial charge in [0.2, 0.25) is 11.8 Å². The van der Waals surface area contributed by atoms with Gasteiger partial charge in [-0.1, -0.05) is 55.9 Å². The first-order valence-corrected chi connectivity index (χ1v) is 23.8. The summed E-state index contributed by atoms with van der Waals surface area (Å²) in [6.07, 6.45) is -9.40. The summed E-state index contributed by atoms with van der Waals surface area (Å²) in [6.45, 7) is -0.0480. The first kappa shape index (κ1) is 51.8. The Kier molecular flexibility index (Phi) is 18.0. The molecule has 0 saturated carbocycles.